The molecule has 96 valence electrons. The summed E-state index contributed by atoms with van der Waals surface area (Å²) in [5, 5.41) is 0. The summed E-state index contributed by atoms with van der Waals surface area (Å²) in [6.07, 6.45) is 1.84. The van der Waals surface area contributed by atoms with Gasteiger partial charge < -0.3 is 5.73 Å². The van der Waals surface area contributed by atoms with Crippen LogP contribution in [0.1, 0.15) is 5.69 Å². The molecule has 2 rings (SSSR count). The minimum Gasteiger partial charge on any atom is -0.369 e. The fraction of sp³-hybridized carbons (Fsp3) is 0.0769. The van der Waals surface area contributed by atoms with Crippen LogP contribution in [0.25, 0.3) is 11.1 Å². The molecule has 0 radical (unpaired) electrons. The zero-order valence-electron chi connectivity index (χ0n) is 9.58. The van der Waals surface area contributed by atoms with Crippen molar-refractivity contribution in [2.75, 3.05) is 0 Å². The zero-order chi connectivity index (χ0) is 11.4. The molecule has 0 fully saturated rings. The number of carbonyl (C=O) groups excluding carboxylic acids is 1. The highest BCUT2D eigenvalue weighted by atomic mass is 35.5. The second-order valence-corrected chi connectivity index (χ2v) is 3.51. The van der Waals surface area contributed by atoms with Crippen molar-refractivity contribution < 1.29 is 4.79 Å². The van der Waals surface area contributed by atoms with Crippen molar-refractivity contribution >= 4 is 30.7 Å². The van der Waals surface area contributed by atoms with Crippen LogP contribution in [0.15, 0.2) is 48.7 Å². The number of aromatic nitrogens is 1. The molecule has 2 N–H and O–H groups in total. The second kappa shape index (κ2) is 7.69. The van der Waals surface area contributed by atoms with E-state index in [0.29, 0.717) is 0 Å². The summed E-state index contributed by atoms with van der Waals surface area (Å²) >= 11 is 0. The highest BCUT2D eigenvalue weighted by Crippen LogP contribution is 2.21. The summed E-state index contributed by atoms with van der Waals surface area (Å²) in [7, 11) is 0. The number of nitrogens with two attached hydrogens (primary N) is 1. The Balaban J connectivity index is 0.00000144. The van der Waals surface area contributed by atoms with Crippen LogP contribution in [-0.4, -0.2) is 10.9 Å². The SMILES string of the molecule is Cl.Cl.NC(=O)Cc1ncccc1-c1ccccc1. The van der Waals surface area contributed by atoms with E-state index in [1.165, 1.54) is 0 Å². The van der Waals surface area contributed by atoms with Gasteiger partial charge in [0, 0.05) is 11.8 Å². The van der Waals surface area contributed by atoms with Gasteiger partial charge in [-0.15, -0.1) is 24.8 Å². The second-order valence-electron chi connectivity index (χ2n) is 3.51. The quantitative estimate of drug-likeness (QED) is 0.942. The van der Waals surface area contributed by atoms with E-state index in [1.807, 2.05) is 42.5 Å². The zero-order valence-corrected chi connectivity index (χ0v) is 11.2. The molecule has 0 bridgehead atoms. The van der Waals surface area contributed by atoms with Gasteiger partial charge in [0.05, 0.1) is 12.1 Å². The molecule has 18 heavy (non-hydrogen) atoms. The third-order valence-corrected chi connectivity index (χ3v) is 2.32. The maximum atomic E-state index is 10.9. The van der Waals surface area contributed by atoms with E-state index in [9.17, 15) is 4.79 Å². The average molecular weight is 285 g/mol. The summed E-state index contributed by atoms with van der Waals surface area (Å²) in [4.78, 5) is 15.1. The number of carbonyl (C=O) groups is 1. The van der Waals surface area contributed by atoms with Gasteiger partial charge in [-0.25, -0.2) is 0 Å². The molecule has 0 aliphatic rings. The highest BCUT2D eigenvalue weighted by Gasteiger charge is 2.07. The fourth-order valence-corrected chi connectivity index (χ4v) is 1.62. The van der Waals surface area contributed by atoms with Crippen LogP contribution in [0.3, 0.4) is 0 Å². The number of pyridine rings is 1. The van der Waals surface area contributed by atoms with E-state index in [2.05, 4.69) is 4.98 Å². The minimum absolute atomic E-state index is 0. The van der Waals surface area contributed by atoms with E-state index in [0.717, 1.165) is 16.8 Å². The van der Waals surface area contributed by atoms with Crippen LogP contribution < -0.4 is 5.73 Å². The van der Waals surface area contributed by atoms with Crippen LogP contribution in [0.2, 0.25) is 0 Å². The van der Waals surface area contributed by atoms with Gasteiger partial charge in [-0.1, -0.05) is 36.4 Å². The van der Waals surface area contributed by atoms with E-state index in [1.54, 1.807) is 6.20 Å². The van der Waals surface area contributed by atoms with Gasteiger partial charge in [-0.3, -0.25) is 9.78 Å². The number of rotatable bonds is 3. The molecule has 1 heterocycles. The number of amides is 1. The van der Waals surface area contributed by atoms with Crippen LogP contribution >= 0.6 is 24.8 Å². The summed E-state index contributed by atoms with van der Waals surface area (Å²) in [5.41, 5.74) is 7.92. The Kier molecular flexibility index (Phi) is 7.01. The lowest BCUT2D eigenvalue weighted by atomic mass is 10.0. The maximum absolute atomic E-state index is 10.9. The lowest BCUT2D eigenvalue weighted by Crippen LogP contribution is -2.15. The van der Waals surface area contributed by atoms with E-state index in [4.69, 9.17) is 5.73 Å². The molecule has 0 unspecified atom stereocenters. The molecule has 1 amide bonds. The molecule has 0 spiro atoms. The number of hydrogen-bond acceptors (Lipinski definition) is 2. The van der Waals surface area contributed by atoms with Crippen LogP contribution in [0, 0.1) is 0 Å². The van der Waals surface area contributed by atoms with Gasteiger partial charge in [0.25, 0.3) is 0 Å². The summed E-state index contributed by atoms with van der Waals surface area (Å²) in [5.74, 6) is -0.365. The predicted octanol–water partition coefficient (Wildman–Crippen LogP) is 2.62. The first-order valence-electron chi connectivity index (χ1n) is 5.05. The van der Waals surface area contributed by atoms with Gasteiger partial charge in [0.2, 0.25) is 5.91 Å². The van der Waals surface area contributed by atoms with Crippen LogP contribution in [0.5, 0.6) is 0 Å². The molecule has 1 aromatic carbocycles. The first-order chi connectivity index (χ1) is 7.77. The van der Waals surface area contributed by atoms with E-state index in [-0.39, 0.29) is 37.1 Å². The first-order valence-corrected chi connectivity index (χ1v) is 5.05. The molecule has 3 nitrogen and oxygen atoms in total. The smallest absolute Gasteiger partial charge is 0.223 e. The Bertz CT molecular complexity index is 503. The summed E-state index contributed by atoms with van der Waals surface area (Å²) in [6, 6.07) is 13.6. The predicted molar refractivity (Wildman–Crippen MR) is 77.1 cm³/mol. The Labute approximate surface area is 118 Å². The molecule has 0 atom stereocenters. The Morgan fingerprint density at radius 1 is 1.06 bits per heavy atom. The average Bonchev–Trinajstić information content (AvgIpc) is 2.30. The van der Waals surface area contributed by atoms with Gasteiger partial charge >= 0.3 is 0 Å². The Hall–Kier alpha value is -1.58. The molecule has 2 aromatic rings. The summed E-state index contributed by atoms with van der Waals surface area (Å²) < 4.78 is 0. The topological polar surface area (TPSA) is 56.0 Å². The molecule has 0 aliphatic heterocycles. The standard InChI is InChI=1S/C13H12N2O.2ClH/c14-13(16)9-12-11(7-4-8-15-12)10-5-2-1-3-6-10;;/h1-8H,9H2,(H2,14,16);2*1H. The van der Waals surface area contributed by atoms with Crippen molar-refractivity contribution in [1.82, 2.24) is 4.98 Å². The maximum Gasteiger partial charge on any atom is 0.223 e. The van der Waals surface area contributed by atoms with Crippen molar-refractivity contribution in [3.63, 3.8) is 0 Å². The largest absolute Gasteiger partial charge is 0.369 e. The van der Waals surface area contributed by atoms with Crippen molar-refractivity contribution in [2.24, 2.45) is 5.73 Å². The van der Waals surface area contributed by atoms with Crippen molar-refractivity contribution in [2.45, 2.75) is 6.42 Å². The third kappa shape index (κ3) is 4.02. The van der Waals surface area contributed by atoms with Crippen molar-refractivity contribution in [3.05, 3.63) is 54.4 Å². The molecular formula is C13H14Cl2N2O. The number of primary amides is 1. The molecule has 1 aromatic heterocycles. The van der Waals surface area contributed by atoms with Gasteiger partial charge in [0.15, 0.2) is 0 Å². The first kappa shape index (κ1) is 16.4. The minimum atomic E-state index is -0.365. The van der Waals surface area contributed by atoms with Gasteiger partial charge in [-0.05, 0) is 11.6 Å². The molecule has 0 aliphatic carbocycles. The fourth-order valence-electron chi connectivity index (χ4n) is 1.62. The highest BCUT2D eigenvalue weighted by molar-refractivity contribution is 5.85. The monoisotopic (exact) mass is 284 g/mol. The normalized spacial score (nSPS) is 8.89. The number of benzene rings is 1. The molecular weight excluding hydrogens is 271 g/mol. The van der Waals surface area contributed by atoms with Crippen molar-refractivity contribution in [1.29, 1.82) is 0 Å². The summed E-state index contributed by atoms with van der Waals surface area (Å²) in [6.45, 7) is 0. The number of halogens is 2. The molecule has 0 saturated heterocycles. The van der Waals surface area contributed by atoms with Gasteiger partial charge in [0.1, 0.15) is 0 Å². The number of hydrogen-bond donors (Lipinski definition) is 1. The van der Waals surface area contributed by atoms with Crippen LogP contribution in [-0.2, 0) is 11.2 Å². The van der Waals surface area contributed by atoms with Crippen LogP contribution in [0.4, 0.5) is 0 Å². The third-order valence-electron chi connectivity index (χ3n) is 2.32. The lowest BCUT2D eigenvalue weighted by molar-refractivity contribution is -0.117. The molecule has 0 saturated carbocycles. The van der Waals surface area contributed by atoms with Crippen molar-refractivity contribution in [3.8, 4) is 11.1 Å². The molecule has 5 heteroatoms. The van der Waals surface area contributed by atoms with E-state index < -0.39 is 0 Å². The lowest BCUT2D eigenvalue weighted by Gasteiger charge is -2.06. The number of nitrogens with zero attached hydrogens (tertiary/aromatic N) is 1. The van der Waals surface area contributed by atoms with Gasteiger partial charge in [-0.2, -0.15) is 0 Å². The Morgan fingerprint density at radius 3 is 2.33 bits per heavy atom. The van der Waals surface area contributed by atoms with E-state index >= 15 is 0 Å². The Morgan fingerprint density at radius 2 is 1.72 bits per heavy atom.